The van der Waals surface area contributed by atoms with Crippen LogP contribution in [0.15, 0.2) is 35.3 Å². The Balaban J connectivity index is 1.80. The third kappa shape index (κ3) is 6.09. The molecule has 1 aliphatic rings. The van der Waals surface area contributed by atoms with Crippen LogP contribution in [0.25, 0.3) is 0 Å². The first-order chi connectivity index (χ1) is 12.4. The molecule has 144 valence electrons. The summed E-state index contributed by atoms with van der Waals surface area (Å²) in [5.41, 5.74) is 1.69. The van der Waals surface area contributed by atoms with Gasteiger partial charge < -0.3 is 10.6 Å². The van der Waals surface area contributed by atoms with E-state index in [-0.39, 0.29) is 5.92 Å². The Morgan fingerprint density at radius 3 is 2.62 bits per heavy atom. The standard InChI is InChI=1S/C20H30F2N4/c1-14(2)13-26-9-7-17(8-10-26)25-20(23-4)24-12-15(3)18-6-5-16(21)11-19(18)22/h5-6,11,15,17H,1,7-10,12-13H2,2-4H3,(H2,23,24,25). The SMILES string of the molecule is C=C(C)CN1CCC(NC(=NC)NCC(C)c2ccc(F)cc2F)CC1. The molecule has 1 aromatic carbocycles. The van der Waals surface area contributed by atoms with Crippen molar-refractivity contribution in [3.05, 3.63) is 47.5 Å². The van der Waals surface area contributed by atoms with Crippen molar-refractivity contribution in [1.82, 2.24) is 15.5 Å². The topological polar surface area (TPSA) is 39.7 Å². The Morgan fingerprint density at radius 1 is 1.35 bits per heavy atom. The number of nitrogens with zero attached hydrogens (tertiary/aromatic N) is 2. The molecule has 4 nitrogen and oxygen atoms in total. The maximum atomic E-state index is 13.9. The third-order valence-electron chi connectivity index (χ3n) is 4.71. The summed E-state index contributed by atoms with van der Waals surface area (Å²) in [6, 6.07) is 4.10. The van der Waals surface area contributed by atoms with Gasteiger partial charge in [-0.25, -0.2) is 8.78 Å². The van der Waals surface area contributed by atoms with Crippen LogP contribution < -0.4 is 10.6 Å². The van der Waals surface area contributed by atoms with Gasteiger partial charge in [0.15, 0.2) is 5.96 Å². The molecule has 0 bridgehead atoms. The van der Waals surface area contributed by atoms with Gasteiger partial charge in [-0.1, -0.05) is 25.1 Å². The van der Waals surface area contributed by atoms with E-state index in [1.165, 1.54) is 17.7 Å². The first-order valence-corrected chi connectivity index (χ1v) is 9.18. The van der Waals surface area contributed by atoms with Crippen molar-refractivity contribution < 1.29 is 8.78 Å². The molecule has 0 amide bonds. The van der Waals surface area contributed by atoms with E-state index in [9.17, 15) is 8.78 Å². The molecule has 1 heterocycles. The van der Waals surface area contributed by atoms with Gasteiger partial charge in [-0.15, -0.1) is 0 Å². The van der Waals surface area contributed by atoms with Gasteiger partial charge in [-0.05, 0) is 31.4 Å². The predicted molar refractivity (Wildman–Crippen MR) is 104 cm³/mol. The molecule has 0 aliphatic carbocycles. The Bertz CT molecular complexity index is 637. The number of hydrogen-bond acceptors (Lipinski definition) is 2. The second kappa shape index (κ2) is 9.67. The van der Waals surface area contributed by atoms with Crippen molar-refractivity contribution in [2.75, 3.05) is 33.2 Å². The molecule has 26 heavy (non-hydrogen) atoms. The first-order valence-electron chi connectivity index (χ1n) is 9.18. The highest BCUT2D eigenvalue weighted by Gasteiger charge is 2.20. The fraction of sp³-hybridized carbons (Fsp3) is 0.550. The average Bonchev–Trinajstić information content (AvgIpc) is 2.59. The van der Waals surface area contributed by atoms with Gasteiger partial charge in [0.2, 0.25) is 0 Å². The van der Waals surface area contributed by atoms with E-state index in [2.05, 4.69) is 34.0 Å². The zero-order chi connectivity index (χ0) is 19.1. The molecule has 0 spiro atoms. The van der Waals surface area contributed by atoms with Crippen LogP contribution in [0.4, 0.5) is 8.78 Å². The summed E-state index contributed by atoms with van der Waals surface area (Å²) >= 11 is 0. The van der Waals surface area contributed by atoms with E-state index >= 15 is 0 Å². The fourth-order valence-corrected chi connectivity index (χ4v) is 3.27. The van der Waals surface area contributed by atoms with E-state index in [1.807, 2.05) is 6.92 Å². The summed E-state index contributed by atoms with van der Waals surface area (Å²) in [6.07, 6.45) is 2.10. The van der Waals surface area contributed by atoms with Crippen molar-refractivity contribution in [3.8, 4) is 0 Å². The van der Waals surface area contributed by atoms with E-state index < -0.39 is 11.6 Å². The summed E-state index contributed by atoms with van der Waals surface area (Å²) in [5, 5.41) is 6.70. The molecule has 1 atom stereocenters. The van der Waals surface area contributed by atoms with Crippen LogP contribution in [0.5, 0.6) is 0 Å². The molecular formula is C20H30F2N4. The zero-order valence-corrected chi connectivity index (χ0v) is 16.0. The van der Waals surface area contributed by atoms with E-state index in [0.717, 1.165) is 44.5 Å². The maximum absolute atomic E-state index is 13.9. The van der Waals surface area contributed by atoms with Crippen LogP contribution >= 0.6 is 0 Å². The number of benzene rings is 1. The van der Waals surface area contributed by atoms with Crippen molar-refractivity contribution in [2.24, 2.45) is 4.99 Å². The van der Waals surface area contributed by atoms with Crippen molar-refractivity contribution in [2.45, 2.75) is 38.6 Å². The average molecular weight is 364 g/mol. The largest absolute Gasteiger partial charge is 0.356 e. The molecule has 1 unspecified atom stereocenters. The molecular weight excluding hydrogens is 334 g/mol. The quantitative estimate of drug-likeness (QED) is 0.462. The minimum absolute atomic E-state index is 0.0911. The first kappa shape index (κ1) is 20.4. The van der Waals surface area contributed by atoms with Crippen molar-refractivity contribution in [1.29, 1.82) is 0 Å². The molecule has 0 aromatic heterocycles. The van der Waals surface area contributed by atoms with Crippen molar-refractivity contribution in [3.63, 3.8) is 0 Å². The lowest BCUT2D eigenvalue weighted by atomic mass is 10.0. The van der Waals surface area contributed by atoms with Gasteiger partial charge in [-0.3, -0.25) is 9.89 Å². The molecule has 0 saturated carbocycles. The van der Waals surface area contributed by atoms with Crippen LogP contribution in [-0.4, -0.2) is 50.1 Å². The summed E-state index contributed by atoms with van der Waals surface area (Å²) in [5.74, 6) is -0.432. The molecule has 6 heteroatoms. The van der Waals surface area contributed by atoms with Crippen LogP contribution in [-0.2, 0) is 0 Å². The minimum atomic E-state index is -0.554. The summed E-state index contributed by atoms with van der Waals surface area (Å²) < 4.78 is 26.9. The van der Waals surface area contributed by atoms with Gasteiger partial charge in [-0.2, -0.15) is 0 Å². The van der Waals surface area contributed by atoms with E-state index in [4.69, 9.17) is 0 Å². The Hall–Kier alpha value is -1.95. The van der Waals surface area contributed by atoms with Crippen LogP contribution in [0.3, 0.4) is 0 Å². The van der Waals surface area contributed by atoms with E-state index in [0.29, 0.717) is 18.2 Å². The number of rotatable bonds is 6. The van der Waals surface area contributed by atoms with Gasteiger partial charge in [0.25, 0.3) is 0 Å². The van der Waals surface area contributed by atoms with Gasteiger partial charge >= 0.3 is 0 Å². The molecule has 1 saturated heterocycles. The number of likely N-dealkylation sites (tertiary alicyclic amines) is 1. The normalized spacial score (nSPS) is 17.8. The Kier molecular flexibility index (Phi) is 7.57. The zero-order valence-electron chi connectivity index (χ0n) is 16.0. The molecule has 0 radical (unpaired) electrons. The number of aliphatic imine (C=N–C) groups is 1. The molecule has 1 fully saturated rings. The number of piperidine rings is 1. The summed E-state index contributed by atoms with van der Waals surface area (Å²) in [7, 11) is 1.73. The lowest BCUT2D eigenvalue weighted by Gasteiger charge is -2.33. The number of halogens is 2. The Labute approximate surface area is 155 Å². The lowest BCUT2D eigenvalue weighted by molar-refractivity contribution is 0.221. The number of nitrogens with one attached hydrogen (secondary N) is 2. The highest BCUT2D eigenvalue weighted by Crippen LogP contribution is 2.19. The van der Waals surface area contributed by atoms with Crippen LogP contribution in [0.2, 0.25) is 0 Å². The number of hydrogen-bond donors (Lipinski definition) is 2. The molecule has 1 aliphatic heterocycles. The highest BCUT2D eigenvalue weighted by atomic mass is 19.1. The second-order valence-corrected chi connectivity index (χ2v) is 7.17. The monoisotopic (exact) mass is 364 g/mol. The van der Waals surface area contributed by atoms with Gasteiger partial charge in [0.05, 0.1) is 0 Å². The fourth-order valence-electron chi connectivity index (χ4n) is 3.27. The smallest absolute Gasteiger partial charge is 0.191 e. The van der Waals surface area contributed by atoms with Crippen LogP contribution in [0.1, 0.15) is 38.2 Å². The van der Waals surface area contributed by atoms with Gasteiger partial charge in [0, 0.05) is 51.3 Å². The summed E-state index contributed by atoms with van der Waals surface area (Å²) in [4.78, 5) is 6.68. The molecule has 2 rings (SSSR count). The minimum Gasteiger partial charge on any atom is -0.356 e. The predicted octanol–water partition coefficient (Wildman–Crippen LogP) is 3.27. The second-order valence-electron chi connectivity index (χ2n) is 7.17. The molecule has 2 N–H and O–H groups in total. The summed E-state index contributed by atoms with van der Waals surface area (Å²) in [6.45, 7) is 11.5. The lowest BCUT2D eigenvalue weighted by Crippen LogP contribution is -2.49. The number of guanidine groups is 1. The Morgan fingerprint density at radius 2 is 2.04 bits per heavy atom. The van der Waals surface area contributed by atoms with Gasteiger partial charge in [0.1, 0.15) is 11.6 Å². The maximum Gasteiger partial charge on any atom is 0.191 e. The van der Waals surface area contributed by atoms with Crippen LogP contribution in [0, 0.1) is 11.6 Å². The molecule has 1 aromatic rings. The third-order valence-corrected chi connectivity index (χ3v) is 4.71. The highest BCUT2D eigenvalue weighted by molar-refractivity contribution is 5.80. The van der Waals surface area contributed by atoms with E-state index in [1.54, 1.807) is 7.05 Å². The van der Waals surface area contributed by atoms with Crippen molar-refractivity contribution >= 4 is 5.96 Å².